The molecule has 1 atom stereocenters. The minimum Gasteiger partial charge on any atom is -0.356 e. The summed E-state index contributed by atoms with van der Waals surface area (Å²) in [5, 5.41) is 3.37. The largest absolute Gasteiger partial charge is 0.356 e. The van der Waals surface area contributed by atoms with E-state index in [9.17, 15) is 8.42 Å². The van der Waals surface area contributed by atoms with Gasteiger partial charge in [0.05, 0.1) is 6.26 Å². The SMILES string of the molecule is CCN(CCCNC(=NC)N1CCC(c2ccccc2)C1)S(C)(=O)=O. The van der Waals surface area contributed by atoms with Crippen molar-refractivity contribution in [2.45, 2.75) is 25.7 Å². The maximum Gasteiger partial charge on any atom is 0.211 e. The Hall–Kier alpha value is -1.60. The average molecular weight is 367 g/mol. The van der Waals surface area contributed by atoms with Gasteiger partial charge in [-0.3, -0.25) is 4.99 Å². The van der Waals surface area contributed by atoms with E-state index in [1.54, 1.807) is 7.05 Å². The molecule has 0 spiro atoms. The molecular formula is C18H30N4O2S. The minimum absolute atomic E-state index is 0.512. The highest BCUT2D eigenvalue weighted by Gasteiger charge is 2.25. The molecule has 25 heavy (non-hydrogen) atoms. The van der Waals surface area contributed by atoms with Gasteiger partial charge in [0.2, 0.25) is 10.0 Å². The third-order valence-corrected chi connectivity index (χ3v) is 6.04. The maximum atomic E-state index is 11.6. The molecule has 1 unspecified atom stereocenters. The number of sulfonamides is 1. The predicted octanol–water partition coefficient (Wildman–Crippen LogP) is 1.72. The molecule has 0 saturated carbocycles. The summed E-state index contributed by atoms with van der Waals surface area (Å²) in [6.07, 6.45) is 3.15. The van der Waals surface area contributed by atoms with Gasteiger partial charge in [-0.1, -0.05) is 37.3 Å². The Morgan fingerprint density at radius 2 is 2.08 bits per heavy atom. The van der Waals surface area contributed by atoms with Gasteiger partial charge in [0.25, 0.3) is 0 Å². The van der Waals surface area contributed by atoms with E-state index in [4.69, 9.17) is 0 Å². The van der Waals surface area contributed by atoms with Crippen LogP contribution in [0.3, 0.4) is 0 Å². The van der Waals surface area contributed by atoms with Crippen LogP contribution < -0.4 is 5.32 Å². The first-order valence-corrected chi connectivity index (χ1v) is 10.8. The quantitative estimate of drug-likeness (QED) is 0.453. The van der Waals surface area contributed by atoms with Crippen LogP contribution in [0.4, 0.5) is 0 Å². The molecule has 1 fully saturated rings. The maximum absolute atomic E-state index is 11.6. The van der Waals surface area contributed by atoms with Crippen LogP contribution in [0.2, 0.25) is 0 Å². The van der Waals surface area contributed by atoms with Crippen LogP contribution in [-0.2, 0) is 10.0 Å². The number of nitrogens with zero attached hydrogens (tertiary/aromatic N) is 3. The Morgan fingerprint density at radius 3 is 2.68 bits per heavy atom. The standard InChI is InChI=1S/C18H30N4O2S/c1-4-22(25(3,23)24)13-8-12-20-18(19-2)21-14-11-17(15-21)16-9-6-5-7-10-16/h5-7,9-10,17H,4,8,11-15H2,1-3H3,(H,19,20). The molecule has 1 heterocycles. The van der Waals surface area contributed by atoms with E-state index in [0.717, 1.165) is 31.9 Å². The molecule has 0 radical (unpaired) electrons. The summed E-state index contributed by atoms with van der Waals surface area (Å²) in [6, 6.07) is 10.6. The fraction of sp³-hybridized carbons (Fsp3) is 0.611. The highest BCUT2D eigenvalue weighted by atomic mass is 32.2. The van der Waals surface area contributed by atoms with Crippen molar-refractivity contribution in [1.29, 1.82) is 0 Å². The van der Waals surface area contributed by atoms with Gasteiger partial charge in [0, 0.05) is 45.7 Å². The molecule has 0 bridgehead atoms. The molecule has 0 aliphatic carbocycles. The Balaban J connectivity index is 1.80. The number of likely N-dealkylation sites (tertiary alicyclic amines) is 1. The Bertz CT molecular complexity index is 661. The van der Waals surface area contributed by atoms with Crippen LogP contribution in [0, 0.1) is 0 Å². The fourth-order valence-electron chi connectivity index (χ4n) is 3.30. The lowest BCUT2D eigenvalue weighted by molar-refractivity contribution is 0.420. The van der Waals surface area contributed by atoms with Gasteiger partial charge in [-0.25, -0.2) is 12.7 Å². The monoisotopic (exact) mass is 366 g/mol. The Morgan fingerprint density at radius 1 is 1.36 bits per heavy atom. The lowest BCUT2D eigenvalue weighted by Crippen LogP contribution is -2.41. The van der Waals surface area contributed by atoms with Crippen molar-refractivity contribution in [1.82, 2.24) is 14.5 Å². The summed E-state index contributed by atoms with van der Waals surface area (Å²) in [4.78, 5) is 6.67. The van der Waals surface area contributed by atoms with Crippen molar-refractivity contribution in [3.05, 3.63) is 35.9 Å². The molecule has 2 rings (SSSR count). The molecule has 6 nitrogen and oxygen atoms in total. The number of aliphatic imine (C=N–C) groups is 1. The minimum atomic E-state index is -3.11. The molecule has 1 N–H and O–H groups in total. The first kappa shape index (κ1) is 19.7. The molecular weight excluding hydrogens is 336 g/mol. The normalized spacial score (nSPS) is 18.8. The van der Waals surface area contributed by atoms with E-state index in [1.807, 2.05) is 13.0 Å². The topological polar surface area (TPSA) is 65.0 Å². The van der Waals surface area contributed by atoms with Crippen LogP contribution in [0.15, 0.2) is 35.3 Å². The van der Waals surface area contributed by atoms with Crippen LogP contribution in [0.1, 0.15) is 31.2 Å². The summed E-state index contributed by atoms with van der Waals surface area (Å²) >= 11 is 0. The first-order valence-electron chi connectivity index (χ1n) is 8.91. The first-order chi connectivity index (χ1) is 12.0. The molecule has 1 aromatic rings. The molecule has 1 aliphatic heterocycles. The molecule has 1 aliphatic rings. The number of hydrogen-bond acceptors (Lipinski definition) is 3. The number of guanidine groups is 1. The zero-order valence-electron chi connectivity index (χ0n) is 15.5. The van der Waals surface area contributed by atoms with Crippen LogP contribution in [-0.4, -0.2) is 69.6 Å². The lowest BCUT2D eigenvalue weighted by atomic mass is 9.99. The second kappa shape index (κ2) is 9.20. The van der Waals surface area contributed by atoms with Gasteiger partial charge in [0.1, 0.15) is 0 Å². The van der Waals surface area contributed by atoms with E-state index in [1.165, 1.54) is 16.1 Å². The van der Waals surface area contributed by atoms with Gasteiger partial charge in [-0.2, -0.15) is 0 Å². The van der Waals surface area contributed by atoms with Crippen molar-refractivity contribution in [2.75, 3.05) is 46.0 Å². The highest BCUT2D eigenvalue weighted by molar-refractivity contribution is 7.88. The second-order valence-corrected chi connectivity index (χ2v) is 8.41. The molecule has 7 heteroatoms. The van der Waals surface area contributed by atoms with Crippen LogP contribution >= 0.6 is 0 Å². The smallest absolute Gasteiger partial charge is 0.211 e. The van der Waals surface area contributed by atoms with Crippen LogP contribution in [0.5, 0.6) is 0 Å². The van der Waals surface area contributed by atoms with Crippen molar-refractivity contribution < 1.29 is 8.42 Å². The molecule has 1 aromatic carbocycles. The summed E-state index contributed by atoms with van der Waals surface area (Å²) in [6.45, 7) is 5.58. The second-order valence-electron chi connectivity index (χ2n) is 6.42. The highest BCUT2D eigenvalue weighted by Crippen LogP contribution is 2.26. The zero-order valence-corrected chi connectivity index (χ0v) is 16.3. The van der Waals surface area contributed by atoms with E-state index in [0.29, 0.717) is 25.6 Å². The van der Waals surface area contributed by atoms with Gasteiger partial charge < -0.3 is 10.2 Å². The Labute approximate surface area is 152 Å². The Kier molecular flexibility index (Phi) is 7.25. The summed E-state index contributed by atoms with van der Waals surface area (Å²) in [5.41, 5.74) is 1.38. The van der Waals surface area contributed by atoms with Gasteiger partial charge in [0.15, 0.2) is 5.96 Å². The van der Waals surface area contributed by atoms with E-state index >= 15 is 0 Å². The number of nitrogens with one attached hydrogen (secondary N) is 1. The summed E-state index contributed by atoms with van der Waals surface area (Å²) < 4.78 is 24.7. The van der Waals surface area contributed by atoms with E-state index in [2.05, 4.69) is 39.5 Å². The zero-order chi connectivity index (χ0) is 18.3. The number of hydrogen-bond donors (Lipinski definition) is 1. The summed E-state index contributed by atoms with van der Waals surface area (Å²) in [5.74, 6) is 1.45. The average Bonchev–Trinajstić information content (AvgIpc) is 3.07. The predicted molar refractivity (Wildman–Crippen MR) is 103 cm³/mol. The number of rotatable bonds is 7. The van der Waals surface area contributed by atoms with Gasteiger partial charge in [-0.05, 0) is 18.4 Å². The summed E-state index contributed by atoms with van der Waals surface area (Å²) in [7, 11) is -1.31. The molecule has 140 valence electrons. The lowest BCUT2D eigenvalue weighted by Gasteiger charge is -2.23. The van der Waals surface area contributed by atoms with E-state index < -0.39 is 10.0 Å². The van der Waals surface area contributed by atoms with Gasteiger partial charge in [-0.15, -0.1) is 0 Å². The van der Waals surface area contributed by atoms with Crippen molar-refractivity contribution in [3.63, 3.8) is 0 Å². The fourth-order valence-corrected chi connectivity index (χ4v) is 4.23. The van der Waals surface area contributed by atoms with E-state index in [-0.39, 0.29) is 0 Å². The van der Waals surface area contributed by atoms with Crippen molar-refractivity contribution in [3.8, 4) is 0 Å². The van der Waals surface area contributed by atoms with Crippen LogP contribution in [0.25, 0.3) is 0 Å². The molecule has 0 aromatic heterocycles. The molecule has 1 saturated heterocycles. The number of benzene rings is 1. The third kappa shape index (κ3) is 5.71. The van der Waals surface area contributed by atoms with Crippen molar-refractivity contribution >= 4 is 16.0 Å². The third-order valence-electron chi connectivity index (χ3n) is 4.66. The van der Waals surface area contributed by atoms with Gasteiger partial charge >= 0.3 is 0 Å². The molecule has 0 amide bonds. The van der Waals surface area contributed by atoms with Crippen molar-refractivity contribution in [2.24, 2.45) is 4.99 Å².